The van der Waals surface area contributed by atoms with Gasteiger partial charge in [-0.2, -0.15) is 0 Å². The number of nitrogens with one attached hydrogen (secondary N) is 1. The lowest BCUT2D eigenvalue weighted by atomic mass is 9.87. The van der Waals surface area contributed by atoms with Crippen molar-refractivity contribution in [3.8, 4) is 0 Å². The molecule has 1 fully saturated rings. The van der Waals surface area contributed by atoms with Crippen LogP contribution < -0.4 is 5.32 Å². The molecule has 1 aromatic carbocycles. The number of rotatable bonds is 3. The Hall–Kier alpha value is -0.510. The first kappa shape index (κ1) is 12.5. The average Bonchev–Trinajstić information content (AvgIpc) is 2.97. The van der Waals surface area contributed by atoms with Crippen LogP contribution in [0.25, 0.3) is 0 Å². The van der Waals surface area contributed by atoms with Crippen molar-refractivity contribution >= 4 is 28.3 Å². The Balaban J connectivity index is 1.73. The lowest BCUT2D eigenvalue weighted by molar-refractivity contribution is 0.400. The molecule has 0 aromatic heterocycles. The summed E-state index contributed by atoms with van der Waals surface area (Å²) in [5.41, 5.74) is 2.69. The topological polar surface area (TPSA) is 12.0 Å². The van der Waals surface area contributed by atoms with Crippen LogP contribution in [0.4, 0.5) is 5.69 Å². The van der Waals surface area contributed by atoms with Gasteiger partial charge in [-0.3, -0.25) is 0 Å². The number of fused-ring (bicyclic) bond motifs is 2. The monoisotopic (exact) mass is 353 g/mol. The van der Waals surface area contributed by atoms with Crippen LogP contribution in [-0.4, -0.2) is 6.04 Å². The van der Waals surface area contributed by atoms with Crippen molar-refractivity contribution in [1.29, 1.82) is 0 Å². The largest absolute Gasteiger partial charge is 0.382 e. The van der Waals surface area contributed by atoms with E-state index >= 15 is 0 Å². The van der Waals surface area contributed by atoms with Gasteiger partial charge in [0.1, 0.15) is 0 Å². The zero-order valence-electron chi connectivity index (χ0n) is 11.0. The summed E-state index contributed by atoms with van der Waals surface area (Å²) in [4.78, 5) is 0. The molecule has 4 unspecified atom stereocenters. The lowest BCUT2D eigenvalue weighted by Crippen LogP contribution is -2.29. The molecule has 0 spiro atoms. The van der Waals surface area contributed by atoms with Crippen molar-refractivity contribution in [2.24, 2.45) is 17.8 Å². The molecule has 2 bridgehead atoms. The average molecular weight is 353 g/mol. The summed E-state index contributed by atoms with van der Waals surface area (Å²) < 4.78 is 1.35. The lowest BCUT2D eigenvalue weighted by Gasteiger charge is -2.28. The molecule has 1 aromatic rings. The Labute approximate surface area is 123 Å². The standard InChI is InChI=1S/C16H20IN/c1-10-15(17)4-3-5-16(10)18-11(2)14-9-12-6-7-13(14)8-12/h3-7,11-14,18H,8-9H2,1-2H3. The van der Waals surface area contributed by atoms with Crippen LogP contribution >= 0.6 is 22.6 Å². The van der Waals surface area contributed by atoms with Gasteiger partial charge in [0.2, 0.25) is 0 Å². The van der Waals surface area contributed by atoms with Gasteiger partial charge in [-0.05, 0) is 84.7 Å². The summed E-state index contributed by atoms with van der Waals surface area (Å²) in [6.45, 7) is 4.55. The molecule has 0 radical (unpaired) electrons. The molecule has 0 aliphatic heterocycles. The first-order chi connectivity index (χ1) is 8.65. The third-order valence-corrected chi connectivity index (χ3v) is 5.79. The van der Waals surface area contributed by atoms with Gasteiger partial charge >= 0.3 is 0 Å². The van der Waals surface area contributed by atoms with Gasteiger partial charge < -0.3 is 5.32 Å². The molecular weight excluding hydrogens is 333 g/mol. The summed E-state index contributed by atoms with van der Waals surface area (Å²) >= 11 is 2.41. The maximum absolute atomic E-state index is 3.74. The quantitative estimate of drug-likeness (QED) is 0.618. The van der Waals surface area contributed by atoms with E-state index in [4.69, 9.17) is 0 Å². The fourth-order valence-corrected chi connectivity index (χ4v) is 4.01. The van der Waals surface area contributed by atoms with Crippen molar-refractivity contribution in [1.82, 2.24) is 0 Å². The fraction of sp³-hybridized carbons (Fsp3) is 0.500. The summed E-state index contributed by atoms with van der Waals surface area (Å²) in [5.74, 6) is 2.50. The maximum Gasteiger partial charge on any atom is 0.0382 e. The third-order valence-electron chi connectivity index (χ3n) is 4.62. The van der Waals surface area contributed by atoms with E-state index in [9.17, 15) is 0 Å². The maximum atomic E-state index is 3.74. The van der Waals surface area contributed by atoms with Crippen LogP contribution in [0.5, 0.6) is 0 Å². The Bertz CT molecular complexity index is 480. The smallest absolute Gasteiger partial charge is 0.0382 e. The van der Waals surface area contributed by atoms with Crippen LogP contribution in [0.1, 0.15) is 25.3 Å². The number of halogens is 1. The molecule has 2 heteroatoms. The minimum Gasteiger partial charge on any atom is -0.382 e. The molecule has 1 nitrogen and oxygen atoms in total. The number of anilines is 1. The first-order valence-electron chi connectivity index (χ1n) is 6.85. The molecule has 0 heterocycles. The Morgan fingerprint density at radius 1 is 1.28 bits per heavy atom. The molecule has 18 heavy (non-hydrogen) atoms. The van der Waals surface area contributed by atoms with E-state index in [1.807, 2.05) is 0 Å². The second-order valence-corrected chi connectivity index (χ2v) is 6.95. The minimum atomic E-state index is 0.571. The zero-order chi connectivity index (χ0) is 12.7. The van der Waals surface area contributed by atoms with Gasteiger partial charge in [0.25, 0.3) is 0 Å². The molecule has 2 aliphatic rings. The van der Waals surface area contributed by atoms with Gasteiger partial charge in [0.05, 0.1) is 0 Å². The second-order valence-electron chi connectivity index (χ2n) is 5.79. The molecule has 0 amide bonds. The molecule has 1 N–H and O–H groups in total. The van der Waals surface area contributed by atoms with E-state index in [0.29, 0.717) is 6.04 Å². The van der Waals surface area contributed by atoms with E-state index < -0.39 is 0 Å². The number of allylic oxidation sites excluding steroid dienone is 2. The van der Waals surface area contributed by atoms with Crippen molar-refractivity contribution in [3.63, 3.8) is 0 Å². The number of hydrogen-bond acceptors (Lipinski definition) is 1. The van der Waals surface area contributed by atoms with Crippen molar-refractivity contribution in [2.45, 2.75) is 32.7 Å². The predicted octanol–water partition coefficient (Wildman–Crippen LogP) is 4.61. The van der Waals surface area contributed by atoms with Crippen LogP contribution in [0.3, 0.4) is 0 Å². The fourth-order valence-electron chi connectivity index (χ4n) is 3.51. The van der Waals surface area contributed by atoms with E-state index in [2.05, 4.69) is 72.1 Å². The molecule has 1 saturated carbocycles. The highest BCUT2D eigenvalue weighted by molar-refractivity contribution is 14.1. The van der Waals surface area contributed by atoms with Gasteiger partial charge in [0.15, 0.2) is 0 Å². The first-order valence-corrected chi connectivity index (χ1v) is 7.93. The SMILES string of the molecule is Cc1c(I)cccc1NC(C)C1CC2C=CC1C2. The van der Waals surface area contributed by atoms with Gasteiger partial charge in [0, 0.05) is 15.3 Å². The van der Waals surface area contributed by atoms with Crippen LogP contribution in [0.15, 0.2) is 30.4 Å². The predicted molar refractivity (Wildman–Crippen MR) is 85.8 cm³/mol. The third kappa shape index (κ3) is 2.20. The summed E-state index contributed by atoms with van der Waals surface area (Å²) in [7, 11) is 0. The Morgan fingerprint density at radius 3 is 2.78 bits per heavy atom. The normalized spacial score (nSPS) is 30.7. The van der Waals surface area contributed by atoms with Crippen molar-refractivity contribution in [3.05, 3.63) is 39.5 Å². The number of hydrogen-bond donors (Lipinski definition) is 1. The van der Waals surface area contributed by atoms with Crippen LogP contribution in [0.2, 0.25) is 0 Å². The van der Waals surface area contributed by atoms with Gasteiger partial charge in [-0.1, -0.05) is 18.2 Å². The van der Waals surface area contributed by atoms with Crippen molar-refractivity contribution < 1.29 is 0 Å². The molecule has 3 rings (SSSR count). The molecule has 4 atom stereocenters. The van der Waals surface area contributed by atoms with E-state index in [1.165, 1.54) is 27.7 Å². The zero-order valence-corrected chi connectivity index (χ0v) is 13.1. The van der Waals surface area contributed by atoms with Crippen LogP contribution in [-0.2, 0) is 0 Å². The highest BCUT2D eigenvalue weighted by Gasteiger charge is 2.38. The summed E-state index contributed by atoms with van der Waals surface area (Å²) in [6.07, 6.45) is 7.63. The second kappa shape index (κ2) is 4.87. The summed E-state index contributed by atoms with van der Waals surface area (Å²) in [5, 5.41) is 3.74. The minimum absolute atomic E-state index is 0.571. The molecule has 2 aliphatic carbocycles. The van der Waals surface area contributed by atoms with E-state index in [1.54, 1.807) is 0 Å². The molecule has 0 saturated heterocycles. The summed E-state index contributed by atoms with van der Waals surface area (Å²) in [6, 6.07) is 7.09. The highest BCUT2D eigenvalue weighted by atomic mass is 127. The highest BCUT2D eigenvalue weighted by Crippen LogP contribution is 2.45. The Morgan fingerprint density at radius 2 is 2.11 bits per heavy atom. The number of benzene rings is 1. The van der Waals surface area contributed by atoms with Crippen molar-refractivity contribution in [2.75, 3.05) is 5.32 Å². The molecular formula is C16H20IN. The Kier molecular flexibility index (Phi) is 3.39. The van der Waals surface area contributed by atoms with E-state index in [-0.39, 0.29) is 0 Å². The molecule has 96 valence electrons. The van der Waals surface area contributed by atoms with Gasteiger partial charge in [-0.15, -0.1) is 0 Å². The van der Waals surface area contributed by atoms with Gasteiger partial charge in [-0.25, -0.2) is 0 Å². The van der Waals surface area contributed by atoms with Crippen LogP contribution in [0, 0.1) is 28.2 Å². The van der Waals surface area contributed by atoms with E-state index in [0.717, 1.165) is 17.8 Å².